The molecule has 0 spiro atoms. The summed E-state index contributed by atoms with van der Waals surface area (Å²) >= 11 is 0.959. The van der Waals surface area contributed by atoms with Crippen LogP contribution in [0.15, 0.2) is 23.4 Å². The van der Waals surface area contributed by atoms with Crippen molar-refractivity contribution in [1.82, 2.24) is 15.2 Å². The summed E-state index contributed by atoms with van der Waals surface area (Å²) in [5.74, 6) is -1.02. The lowest BCUT2D eigenvalue weighted by molar-refractivity contribution is -0.133. The van der Waals surface area contributed by atoms with E-state index < -0.39 is 5.97 Å². The number of phenols is 1. The summed E-state index contributed by atoms with van der Waals surface area (Å²) in [7, 11) is 0. The van der Waals surface area contributed by atoms with Gasteiger partial charge in [0.05, 0.1) is 11.3 Å². The van der Waals surface area contributed by atoms with Crippen LogP contribution in [0.3, 0.4) is 0 Å². The summed E-state index contributed by atoms with van der Waals surface area (Å²) in [6.45, 7) is 1.42. The highest BCUT2D eigenvalue weighted by Gasteiger charge is 2.13. The van der Waals surface area contributed by atoms with Gasteiger partial charge in [0.2, 0.25) is 5.16 Å². The summed E-state index contributed by atoms with van der Waals surface area (Å²) in [6, 6.07) is 4.42. The SMILES string of the molecule is CC(=O)c1ccc(O)c(-c2nc(SCC(=O)O)n[nH]2)c1. The van der Waals surface area contributed by atoms with E-state index in [0.29, 0.717) is 11.1 Å². The lowest BCUT2D eigenvalue weighted by atomic mass is 10.1. The van der Waals surface area contributed by atoms with Gasteiger partial charge in [0.15, 0.2) is 11.6 Å². The van der Waals surface area contributed by atoms with E-state index in [1.807, 2.05) is 0 Å². The van der Waals surface area contributed by atoms with E-state index in [1.54, 1.807) is 0 Å². The second-order valence-corrected chi connectivity index (χ2v) is 4.88. The fourth-order valence-corrected chi connectivity index (χ4v) is 2.02. The molecule has 0 aliphatic heterocycles. The van der Waals surface area contributed by atoms with Crippen LogP contribution in [0.4, 0.5) is 0 Å². The Morgan fingerprint density at radius 3 is 2.80 bits per heavy atom. The number of Topliss-reactive ketones (excluding diaryl/α,β-unsaturated/α-hetero) is 1. The number of carbonyl (C=O) groups is 2. The molecule has 0 unspecified atom stereocenters. The Balaban J connectivity index is 2.29. The molecule has 1 heterocycles. The number of aromatic nitrogens is 3. The van der Waals surface area contributed by atoms with Crippen molar-refractivity contribution in [3.8, 4) is 17.1 Å². The maximum atomic E-state index is 11.3. The predicted molar refractivity (Wildman–Crippen MR) is 71.8 cm³/mol. The van der Waals surface area contributed by atoms with Crippen molar-refractivity contribution < 1.29 is 19.8 Å². The van der Waals surface area contributed by atoms with Gasteiger partial charge in [-0.15, -0.1) is 5.10 Å². The number of nitrogens with zero attached hydrogens (tertiary/aromatic N) is 2. The molecule has 2 aromatic rings. The first-order valence-electron chi connectivity index (χ1n) is 5.58. The molecule has 0 aliphatic carbocycles. The summed E-state index contributed by atoms with van der Waals surface area (Å²) in [5.41, 5.74) is 0.779. The van der Waals surface area contributed by atoms with Crippen LogP contribution in [0.25, 0.3) is 11.4 Å². The van der Waals surface area contributed by atoms with Gasteiger partial charge in [-0.05, 0) is 25.1 Å². The van der Waals surface area contributed by atoms with Crippen molar-refractivity contribution in [2.24, 2.45) is 0 Å². The van der Waals surface area contributed by atoms with Gasteiger partial charge in [-0.2, -0.15) is 0 Å². The first-order valence-corrected chi connectivity index (χ1v) is 6.57. The van der Waals surface area contributed by atoms with Crippen molar-refractivity contribution in [2.75, 3.05) is 5.75 Å². The van der Waals surface area contributed by atoms with E-state index >= 15 is 0 Å². The number of rotatable bonds is 5. The Kier molecular flexibility index (Phi) is 4.04. The van der Waals surface area contributed by atoms with E-state index in [0.717, 1.165) is 11.8 Å². The normalized spacial score (nSPS) is 10.4. The maximum absolute atomic E-state index is 11.3. The number of hydrogen-bond acceptors (Lipinski definition) is 6. The number of nitrogens with one attached hydrogen (secondary N) is 1. The molecule has 0 saturated carbocycles. The summed E-state index contributed by atoms with van der Waals surface area (Å²) in [5, 5.41) is 25.1. The molecule has 0 radical (unpaired) electrons. The largest absolute Gasteiger partial charge is 0.507 e. The summed E-state index contributed by atoms with van der Waals surface area (Å²) < 4.78 is 0. The number of benzene rings is 1. The van der Waals surface area contributed by atoms with Gasteiger partial charge < -0.3 is 10.2 Å². The van der Waals surface area contributed by atoms with Crippen LogP contribution in [0.2, 0.25) is 0 Å². The fraction of sp³-hybridized carbons (Fsp3) is 0.167. The third-order valence-corrected chi connectivity index (χ3v) is 3.28. The Hall–Kier alpha value is -2.35. The molecule has 104 valence electrons. The number of aromatic amines is 1. The second-order valence-electron chi connectivity index (χ2n) is 3.94. The molecule has 20 heavy (non-hydrogen) atoms. The topological polar surface area (TPSA) is 116 Å². The molecule has 0 amide bonds. The molecule has 1 aromatic carbocycles. The zero-order valence-corrected chi connectivity index (χ0v) is 11.3. The summed E-state index contributed by atoms with van der Waals surface area (Å²) in [4.78, 5) is 25.9. The molecule has 0 aliphatic rings. The molecular formula is C12H11N3O4S. The summed E-state index contributed by atoms with van der Waals surface area (Å²) in [6.07, 6.45) is 0. The predicted octanol–water partition coefficient (Wildman–Crippen LogP) is 1.56. The minimum absolute atomic E-state index is 0.0408. The van der Waals surface area contributed by atoms with Gasteiger partial charge in [-0.1, -0.05) is 11.8 Å². The number of H-pyrrole nitrogens is 1. The first-order chi connectivity index (χ1) is 9.47. The molecule has 7 nitrogen and oxygen atoms in total. The molecular weight excluding hydrogens is 282 g/mol. The van der Waals surface area contributed by atoms with E-state index in [-0.39, 0.29) is 28.3 Å². The van der Waals surface area contributed by atoms with Crippen LogP contribution >= 0.6 is 11.8 Å². The van der Waals surface area contributed by atoms with E-state index in [9.17, 15) is 14.7 Å². The van der Waals surface area contributed by atoms with Crippen molar-refractivity contribution in [3.63, 3.8) is 0 Å². The first kappa shape index (κ1) is 14.1. The van der Waals surface area contributed by atoms with E-state index in [4.69, 9.17) is 5.11 Å². The number of ketones is 1. The number of aliphatic carboxylic acids is 1. The fourth-order valence-electron chi connectivity index (χ4n) is 1.50. The quantitative estimate of drug-likeness (QED) is 0.565. The number of phenolic OH excluding ortho intramolecular Hbond substituents is 1. The number of aromatic hydroxyl groups is 1. The van der Waals surface area contributed by atoms with Gasteiger partial charge in [-0.25, -0.2) is 4.98 Å². The molecule has 8 heteroatoms. The van der Waals surface area contributed by atoms with E-state index in [2.05, 4.69) is 15.2 Å². The van der Waals surface area contributed by atoms with Crippen LogP contribution in [-0.2, 0) is 4.79 Å². The molecule has 0 atom stereocenters. The van der Waals surface area contributed by atoms with Gasteiger partial charge >= 0.3 is 5.97 Å². The van der Waals surface area contributed by atoms with Gasteiger partial charge in [-0.3, -0.25) is 14.7 Å². The standard InChI is InChI=1S/C12H11N3O4S/c1-6(16)7-2-3-9(17)8(4-7)11-13-12(15-14-11)20-5-10(18)19/h2-4,17H,5H2,1H3,(H,18,19)(H,13,14,15). The minimum Gasteiger partial charge on any atom is -0.507 e. The third kappa shape index (κ3) is 3.15. The van der Waals surface area contributed by atoms with Crippen LogP contribution in [-0.4, -0.2) is 42.9 Å². The van der Waals surface area contributed by atoms with Crippen LogP contribution in [0.5, 0.6) is 5.75 Å². The smallest absolute Gasteiger partial charge is 0.313 e. The Morgan fingerprint density at radius 2 is 2.15 bits per heavy atom. The van der Waals surface area contributed by atoms with Crippen molar-refractivity contribution in [3.05, 3.63) is 23.8 Å². The van der Waals surface area contributed by atoms with E-state index in [1.165, 1.54) is 25.1 Å². The molecule has 0 saturated heterocycles. The molecule has 0 bridgehead atoms. The zero-order chi connectivity index (χ0) is 14.7. The number of carboxylic acid groups (broad SMARTS) is 1. The Morgan fingerprint density at radius 1 is 1.40 bits per heavy atom. The second kappa shape index (κ2) is 5.74. The highest BCUT2D eigenvalue weighted by Crippen LogP contribution is 2.28. The molecule has 3 N–H and O–H groups in total. The van der Waals surface area contributed by atoms with Crippen LogP contribution in [0, 0.1) is 0 Å². The molecule has 2 rings (SSSR count). The lowest BCUT2D eigenvalue weighted by Crippen LogP contribution is -1.97. The van der Waals surface area contributed by atoms with Crippen molar-refractivity contribution >= 4 is 23.5 Å². The maximum Gasteiger partial charge on any atom is 0.313 e. The van der Waals surface area contributed by atoms with Gasteiger partial charge in [0.1, 0.15) is 5.75 Å². The average molecular weight is 293 g/mol. The number of thioether (sulfide) groups is 1. The van der Waals surface area contributed by atoms with Gasteiger partial charge in [0, 0.05) is 5.56 Å². The number of hydrogen-bond donors (Lipinski definition) is 3. The average Bonchev–Trinajstić information content (AvgIpc) is 2.85. The highest BCUT2D eigenvalue weighted by molar-refractivity contribution is 7.99. The minimum atomic E-state index is -0.970. The Labute approximate surface area is 118 Å². The van der Waals surface area contributed by atoms with Crippen LogP contribution < -0.4 is 0 Å². The van der Waals surface area contributed by atoms with Crippen molar-refractivity contribution in [2.45, 2.75) is 12.1 Å². The number of carboxylic acids is 1. The Bertz CT molecular complexity index is 668. The lowest BCUT2D eigenvalue weighted by Gasteiger charge is -2.02. The molecule has 1 aromatic heterocycles. The van der Waals surface area contributed by atoms with Crippen molar-refractivity contribution in [1.29, 1.82) is 0 Å². The van der Waals surface area contributed by atoms with Gasteiger partial charge in [0.25, 0.3) is 0 Å². The monoisotopic (exact) mass is 293 g/mol. The highest BCUT2D eigenvalue weighted by atomic mass is 32.2. The van der Waals surface area contributed by atoms with Crippen LogP contribution in [0.1, 0.15) is 17.3 Å². The zero-order valence-electron chi connectivity index (χ0n) is 10.5. The third-order valence-electron chi connectivity index (χ3n) is 2.45. The molecule has 0 fully saturated rings. The number of carbonyl (C=O) groups excluding carboxylic acids is 1.